The van der Waals surface area contributed by atoms with Gasteiger partial charge in [0.05, 0.1) is 12.0 Å². The van der Waals surface area contributed by atoms with Gasteiger partial charge in [0.15, 0.2) is 5.78 Å². The molecule has 3 heteroatoms. The molecule has 0 radical (unpaired) electrons. The largest absolute Gasteiger partial charge is 0.486 e. The smallest absolute Gasteiger partial charge is 0.170 e. The van der Waals surface area contributed by atoms with Crippen LogP contribution in [0.15, 0.2) is 18.2 Å². The minimum absolute atomic E-state index is 0.0819. The van der Waals surface area contributed by atoms with Crippen LogP contribution in [-0.4, -0.2) is 11.4 Å². The molecule has 1 aromatic rings. The van der Waals surface area contributed by atoms with Gasteiger partial charge in [-0.1, -0.05) is 13.8 Å². The Bertz CT molecular complexity index is 501. The van der Waals surface area contributed by atoms with E-state index in [-0.39, 0.29) is 17.2 Å². The summed E-state index contributed by atoms with van der Waals surface area (Å²) in [6.07, 6.45) is 2.26. The number of carbonyl (C=O) groups excluding carboxylic acids is 1. The van der Waals surface area contributed by atoms with Crippen LogP contribution in [0.2, 0.25) is 0 Å². The van der Waals surface area contributed by atoms with Crippen LogP contribution in [0.4, 0.5) is 4.39 Å². The zero-order valence-corrected chi connectivity index (χ0v) is 10.7. The predicted octanol–water partition coefficient (Wildman–Crippen LogP) is 3.60. The number of fused-ring (bicyclic) bond motifs is 1. The molecule has 3 rings (SSSR count). The van der Waals surface area contributed by atoms with Crippen LogP contribution in [-0.2, 0) is 0 Å². The molecule has 1 spiro atoms. The Morgan fingerprint density at radius 3 is 2.78 bits per heavy atom. The van der Waals surface area contributed by atoms with E-state index in [1.807, 2.05) is 0 Å². The standard InChI is InChI=1S/C15H17FO2/c1-9(2)10-6-15(7-10)8-13(17)12-4-3-11(16)5-14(12)18-15/h3-5,9-10H,6-8H2,1-2H3. The van der Waals surface area contributed by atoms with Gasteiger partial charge in [-0.05, 0) is 36.8 Å². The second-order valence-electron chi connectivity index (χ2n) is 5.94. The first-order valence-corrected chi connectivity index (χ1v) is 6.51. The molecule has 0 atom stereocenters. The van der Waals surface area contributed by atoms with E-state index in [1.165, 1.54) is 18.2 Å². The van der Waals surface area contributed by atoms with Crippen molar-refractivity contribution in [1.82, 2.24) is 0 Å². The lowest BCUT2D eigenvalue weighted by Crippen LogP contribution is -2.53. The van der Waals surface area contributed by atoms with Crippen LogP contribution in [0.5, 0.6) is 5.75 Å². The molecule has 1 fully saturated rings. The molecule has 2 nitrogen and oxygen atoms in total. The van der Waals surface area contributed by atoms with Crippen LogP contribution < -0.4 is 4.74 Å². The van der Waals surface area contributed by atoms with Gasteiger partial charge in [0, 0.05) is 6.07 Å². The summed E-state index contributed by atoms with van der Waals surface area (Å²) in [7, 11) is 0. The second kappa shape index (κ2) is 3.81. The first kappa shape index (κ1) is 11.7. The van der Waals surface area contributed by atoms with Crippen molar-refractivity contribution in [3.63, 3.8) is 0 Å². The fraction of sp³-hybridized carbons (Fsp3) is 0.533. The van der Waals surface area contributed by atoms with Gasteiger partial charge in [-0.15, -0.1) is 0 Å². The summed E-state index contributed by atoms with van der Waals surface area (Å²) in [5.74, 6) is 1.39. The van der Waals surface area contributed by atoms with Crippen molar-refractivity contribution < 1.29 is 13.9 Å². The zero-order chi connectivity index (χ0) is 12.9. The zero-order valence-electron chi connectivity index (χ0n) is 10.7. The fourth-order valence-electron chi connectivity index (χ4n) is 3.06. The molecule has 18 heavy (non-hydrogen) atoms. The van der Waals surface area contributed by atoms with Crippen LogP contribution in [0.25, 0.3) is 0 Å². The van der Waals surface area contributed by atoms with Crippen molar-refractivity contribution in [2.45, 2.75) is 38.7 Å². The summed E-state index contributed by atoms with van der Waals surface area (Å²) in [6.45, 7) is 4.38. The number of carbonyl (C=O) groups is 1. The van der Waals surface area contributed by atoms with Crippen molar-refractivity contribution in [2.75, 3.05) is 0 Å². The highest BCUT2D eigenvalue weighted by Crippen LogP contribution is 2.50. The molecule has 96 valence electrons. The van der Waals surface area contributed by atoms with E-state index in [9.17, 15) is 9.18 Å². The number of ketones is 1. The van der Waals surface area contributed by atoms with E-state index in [0.29, 0.717) is 29.6 Å². The normalized spacial score (nSPS) is 30.0. The number of hydrogen-bond acceptors (Lipinski definition) is 2. The third kappa shape index (κ3) is 1.73. The highest BCUT2D eigenvalue weighted by molar-refractivity contribution is 6.00. The molecule has 1 aliphatic heterocycles. The third-order valence-corrected chi connectivity index (χ3v) is 4.26. The van der Waals surface area contributed by atoms with Crippen LogP contribution in [0.3, 0.4) is 0 Å². The minimum Gasteiger partial charge on any atom is -0.486 e. The first-order valence-electron chi connectivity index (χ1n) is 6.51. The SMILES string of the molecule is CC(C)C1CC2(CC(=O)c3ccc(F)cc3O2)C1. The van der Waals surface area contributed by atoms with Crippen molar-refractivity contribution in [3.8, 4) is 5.75 Å². The van der Waals surface area contributed by atoms with Gasteiger partial charge in [-0.2, -0.15) is 0 Å². The molecule has 1 heterocycles. The number of ether oxygens (including phenoxy) is 1. The molecule has 1 aromatic carbocycles. The lowest BCUT2D eigenvalue weighted by Gasteiger charge is -2.50. The van der Waals surface area contributed by atoms with Crippen LogP contribution in [0, 0.1) is 17.7 Å². The molecular weight excluding hydrogens is 231 g/mol. The number of benzene rings is 1. The highest BCUT2D eigenvalue weighted by Gasteiger charge is 2.51. The molecule has 0 amide bonds. The van der Waals surface area contributed by atoms with Crippen molar-refractivity contribution in [2.24, 2.45) is 11.8 Å². The van der Waals surface area contributed by atoms with Gasteiger partial charge in [0.25, 0.3) is 0 Å². The van der Waals surface area contributed by atoms with Gasteiger partial charge >= 0.3 is 0 Å². The summed E-state index contributed by atoms with van der Waals surface area (Å²) >= 11 is 0. The molecule has 1 saturated carbocycles. The maximum atomic E-state index is 13.2. The molecular formula is C15H17FO2. The number of rotatable bonds is 1. The Labute approximate surface area is 106 Å². The number of Topliss-reactive ketones (excluding diaryl/α,β-unsaturated/α-hetero) is 1. The van der Waals surface area contributed by atoms with E-state index in [4.69, 9.17) is 4.74 Å². The fourth-order valence-corrected chi connectivity index (χ4v) is 3.06. The van der Waals surface area contributed by atoms with Crippen molar-refractivity contribution in [3.05, 3.63) is 29.6 Å². The van der Waals surface area contributed by atoms with Gasteiger partial charge in [-0.3, -0.25) is 4.79 Å². The second-order valence-corrected chi connectivity index (χ2v) is 5.94. The Morgan fingerprint density at radius 2 is 2.11 bits per heavy atom. The quantitative estimate of drug-likeness (QED) is 0.759. The van der Waals surface area contributed by atoms with Crippen LogP contribution >= 0.6 is 0 Å². The van der Waals surface area contributed by atoms with Gasteiger partial charge in [0.2, 0.25) is 0 Å². The summed E-state index contributed by atoms with van der Waals surface area (Å²) in [5.41, 5.74) is 0.169. The van der Waals surface area contributed by atoms with Crippen molar-refractivity contribution in [1.29, 1.82) is 0 Å². The maximum Gasteiger partial charge on any atom is 0.170 e. The van der Waals surface area contributed by atoms with E-state index >= 15 is 0 Å². The number of hydrogen-bond donors (Lipinski definition) is 0. The van der Waals surface area contributed by atoms with Gasteiger partial charge < -0.3 is 4.74 Å². The Morgan fingerprint density at radius 1 is 1.39 bits per heavy atom. The van der Waals surface area contributed by atoms with Gasteiger partial charge in [-0.25, -0.2) is 4.39 Å². The third-order valence-electron chi connectivity index (χ3n) is 4.26. The topological polar surface area (TPSA) is 26.3 Å². The lowest BCUT2D eigenvalue weighted by atomic mass is 9.63. The molecule has 1 aliphatic carbocycles. The van der Waals surface area contributed by atoms with Gasteiger partial charge in [0.1, 0.15) is 17.2 Å². The average Bonchev–Trinajstić information content (AvgIpc) is 2.24. The highest BCUT2D eigenvalue weighted by atomic mass is 19.1. The Balaban J connectivity index is 1.86. The molecule has 0 aromatic heterocycles. The average molecular weight is 248 g/mol. The summed E-state index contributed by atoms with van der Waals surface area (Å²) in [6, 6.07) is 4.17. The van der Waals surface area contributed by atoms with E-state index in [2.05, 4.69) is 13.8 Å². The summed E-state index contributed by atoms with van der Waals surface area (Å²) in [4.78, 5) is 12.1. The van der Waals surface area contributed by atoms with Crippen molar-refractivity contribution >= 4 is 5.78 Å². The monoisotopic (exact) mass is 248 g/mol. The Kier molecular flexibility index (Phi) is 2.47. The lowest BCUT2D eigenvalue weighted by molar-refractivity contribution is -0.0698. The molecule has 0 N–H and O–H groups in total. The summed E-state index contributed by atoms with van der Waals surface area (Å²) in [5, 5.41) is 0. The predicted molar refractivity (Wildman–Crippen MR) is 66.3 cm³/mol. The van der Waals surface area contributed by atoms with Crippen LogP contribution in [0.1, 0.15) is 43.5 Å². The van der Waals surface area contributed by atoms with E-state index in [0.717, 1.165) is 12.8 Å². The van der Waals surface area contributed by atoms with E-state index in [1.54, 1.807) is 0 Å². The Hall–Kier alpha value is -1.38. The maximum absolute atomic E-state index is 13.2. The molecule has 0 saturated heterocycles. The number of halogens is 1. The molecule has 0 unspecified atom stereocenters. The molecule has 2 aliphatic rings. The first-order chi connectivity index (χ1) is 8.49. The minimum atomic E-state index is -0.354. The van der Waals surface area contributed by atoms with E-state index < -0.39 is 0 Å². The summed E-state index contributed by atoms with van der Waals surface area (Å²) < 4.78 is 19.1. The molecule has 0 bridgehead atoms.